The topological polar surface area (TPSA) is 43.1 Å². The molecule has 15 heavy (non-hydrogen) atoms. The molecule has 4 heteroatoms. The number of hydrogen-bond donors (Lipinski definition) is 0. The van der Waals surface area contributed by atoms with Crippen LogP contribution in [-0.2, 0) is 11.2 Å². The number of rotatable bonds is 3. The normalized spacial score (nSPS) is 10.2. The molecule has 76 valence electrons. The van der Waals surface area contributed by atoms with Gasteiger partial charge in [0.15, 0.2) is 0 Å². The van der Waals surface area contributed by atoms with Gasteiger partial charge in [0.1, 0.15) is 18.4 Å². The molecule has 0 radical (unpaired) electrons. The Balaban J connectivity index is 2.37. The smallest absolute Gasteiger partial charge is 0.229 e. The predicted octanol–water partition coefficient (Wildman–Crippen LogP) is 2.22. The van der Waals surface area contributed by atoms with E-state index in [4.69, 9.17) is 4.42 Å². The van der Waals surface area contributed by atoms with Crippen LogP contribution in [-0.4, -0.2) is 11.3 Å². The molecule has 0 saturated carbocycles. The number of hydrogen-bond acceptors (Lipinski definition) is 3. The monoisotopic (exact) mass is 205 g/mol. The van der Waals surface area contributed by atoms with E-state index < -0.39 is 5.82 Å². The zero-order valence-electron chi connectivity index (χ0n) is 7.81. The Morgan fingerprint density at radius 3 is 2.93 bits per heavy atom. The number of halogens is 1. The fraction of sp³-hybridized carbons (Fsp3) is 0.0909. The molecule has 3 nitrogen and oxygen atoms in total. The molecule has 0 fully saturated rings. The predicted molar refractivity (Wildman–Crippen MR) is 51.7 cm³/mol. The van der Waals surface area contributed by atoms with Gasteiger partial charge < -0.3 is 9.21 Å². The second-order valence-electron chi connectivity index (χ2n) is 2.99. The maximum absolute atomic E-state index is 13.3. The van der Waals surface area contributed by atoms with E-state index in [-0.39, 0.29) is 12.3 Å². The van der Waals surface area contributed by atoms with Crippen LogP contribution in [0, 0.1) is 5.82 Å². The third-order valence-electron chi connectivity index (χ3n) is 1.95. The average Bonchev–Trinajstić information content (AvgIpc) is 2.68. The van der Waals surface area contributed by atoms with Crippen LogP contribution < -0.4 is 0 Å². The molecule has 0 spiro atoms. The highest BCUT2D eigenvalue weighted by molar-refractivity contribution is 5.57. The van der Waals surface area contributed by atoms with Crippen molar-refractivity contribution in [2.75, 3.05) is 0 Å². The van der Waals surface area contributed by atoms with Crippen LogP contribution in [0.4, 0.5) is 4.39 Å². The molecule has 1 aromatic heterocycles. The number of oxazole rings is 1. The zero-order valence-corrected chi connectivity index (χ0v) is 7.81. The van der Waals surface area contributed by atoms with Crippen LogP contribution in [0.15, 0.2) is 34.9 Å². The Kier molecular flexibility index (Phi) is 2.58. The van der Waals surface area contributed by atoms with Crippen LogP contribution in [0.3, 0.4) is 0 Å². The van der Waals surface area contributed by atoms with Crippen molar-refractivity contribution >= 4 is 6.29 Å². The SMILES string of the molecule is O=CCc1coc(-c2ccccc2F)n1. The maximum Gasteiger partial charge on any atom is 0.229 e. The Hall–Kier alpha value is -1.97. The second kappa shape index (κ2) is 4.04. The summed E-state index contributed by atoms with van der Waals surface area (Å²) in [7, 11) is 0. The van der Waals surface area contributed by atoms with Crippen molar-refractivity contribution < 1.29 is 13.6 Å². The van der Waals surface area contributed by atoms with Crippen molar-refractivity contribution in [3.8, 4) is 11.5 Å². The molecule has 1 heterocycles. The first kappa shape index (κ1) is 9.58. The molecule has 0 aliphatic rings. The van der Waals surface area contributed by atoms with E-state index in [1.807, 2.05) is 0 Å². The largest absolute Gasteiger partial charge is 0.444 e. The summed E-state index contributed by atoms with van der Waals surface area (Å²) >= 11 is 0. The summed E-state index contributed by atoms with van der Waals surface area (Å²) in [5.74, 6) is -0.193. The van der Waals surface area contributed by atoms with Gasteiger partial charge in [-0.1, -0.05) is 12.1 Å². The highest BCUT2D eigenvalue weighted by atomic mass is 19.1. The van der Waals surface area contributed by atoms with Gasteiger partial charge in [-0.3, -0.25) is 0 Å². The lowest BCUT2D eigenvalue weighted by Crippen LogP contribution is -1.87. The first-order valence-corrected chi connectivity index (χ1v) is 4.44. The van der Waals surface area contributed by atoms with Gasteiger partial charge in [0, 0.05) is 6.42 Å². The minimum absolute atomic E-state index is 0.179. The third kappa shape index (κ3) is 1.93. The van der Waals surface area contributed by atoms with Crippen LogP contribution in [0.5, 0.6) is 0 Å². The van der Waals surface area contributed by atoms with Crippen molar-refractivity contribution in [2.45, 2.75) is 6.42 Å². The van der Waals surface area contributed by atoms with E-state index in [2.05, 4.69) is 4.98 Å². The molecule has 2 rings (SSSR count). The summed E-state index contributed by atoms with van der Waals surface area (Å²) in [5.41, 5.74) is 0.804. The number of nitrogens with zero attached hydrogens (tertiary/aromatic N) is 1. The fourth-order valence-corrected chi connectivity index (χ4v) is 1.24. The fourth-order valence-electron chi connectivity index (χ4n) is 1.24. The van der Waals surface area contributed by atoms with Gasteiger partial charge >= 0.3 is 0 Å². The zero-order chi connectivity index (χ0) is 10.7. The first-order chi connectivity index (χ1) is 7.31. The third-order valence-corrected chi connectivity index (χ3v) is 1.95. The Labute approximate surface area is 85.6 Å². The van der Waals surface area contributed by atoms with E-state index in [9.17, 15) is 9.18 Å². The van der Waals surface area contributed by atoms with Crippen LogP contribution >= 0.6 is 0 Å². The van der Waals surface area contributed by atoms with E-state index in [1.165, 1.54) is 12.3 Å². The summed E-state index contributed by atoms with van der Waals surface area (Å²) in [6, 6.07) is 6.20. The maximum atomic E-state index is 13.3. The Bertz CT molecular complexity index is 479. The summed E-state index contributed by atoms with van der Waals surface area (Å²) < 4.78 is 18.4. The van der Waals surface area contributed by atoms with Gasteiger partial charge in [0.25, 0.3) is 0 Å². The lowest BCUT2D eigenvalue weighted by molar-refractivity contribution is -0.107. The molecule has 0 bridgehead atoms. The van der Waals surface area contributed by atoms with E-state index in [1.54, 1.807) is 18.2 Å². The number of aldehydes is 1. The second-order valence-corrected chi connectivity index (χ2v) is 2.99. The summed E-state index contributed by atoms with van der Waals surface area (Å²) in [4.78, 5) is 14.2. The van der Waals surface area contributed by atoms with Gasteiger partial charge in [-0.05, 0) is 12.1 Å². The van der Waals surface area contributed by atoms with Crippen molar-refractivity contribution in [3.05, 3.63) is 42.0 Å². The lowest BCUT2D eigenvalue weighted by atomic mass is 10.2. The molecule has 1 aromatic carbocycles. The van der Waals surface area contributed by atoms with Gasteiger partial charge in [-0.15, -0.1) is 0 Å². The summed E-state index contributed by atoms with van der Waals surface area (Å²) in [6.07, 6.45) is 2.26. The number of benzene rings is 1. The van der Waals surface area contributed by atoms with Crippen molar-refractivity contribution in [2.24, 2.45) is 0 Å². The minimum Gasteiger partial charge on any atom is -0.444 e. The summed E-state index contributed by atoms with van der Waals surface area (Å²) in [6.45, 7) is 0. The van der Waals surface area contributed by atoms with Gasteiger partial charge in [0.05, 0.1) is 11.3 Å². The van der Waals surface area contributed by atoms with Crippen molar-refractivity contribution in [1.82, 2.24) is 4.98 Å². The molecule has 2 aromatic rings. The molecule has 0 N–H and O–H groups in total. The average molecular weight is 205 g/mol. The van der Waals surface area contributed by atoms with Crippen LogP contribution in [0.2, 0.25) is 0 Å². The van der Waals surface area contributed by atoms with Crippen molar-refractivity contribution in [1.29, 1.82) is 0 Å². The molecule has 0 unspecified atom stereocenters. The van der Waals surface area contributed by atoms with E-state index in [0.29, 0.717) is 11.3 Å². The number of carbonyl (C=O) groups excluding carboxylic acids is 1. The Morgan fingerprint density at radius 1 is 1.40 bits per heavy atom. The van der Waals surface area contributed by atoms with Crippen LogP contribution in [0.25, 0.3) is 11.5 Å². The molecule has 0 aliphatic heterocycles. The molecular weight excluding hydrogens is 197 g/mol. The van der Waals surface area contributed by atoms with Crippen molar-refractivity contribution in [3.63, 3.8) is 0 Å². The molecule has 0 atom stereocenters. The first-order valence-electron chi connectivity index (χ1n) is 4.44. The molecular formula is C11H8FNO2. The highest BCUT2D eigenvalue weighted by Gasteiger charge is 2.10. The summed E-state index contributed by atoms with van der Waals surface area (Å²) in [5, 5.41) is 0. The Morgan fingerprint density at radius 2 is 2.20 bits per heavy atom. The highest BCUT2D eigenvalue weighted by Crippen LogP contribution is 2.21. The number of aromatic nitrogens is 1. The number of carbonyl (C=O) groups is 1. The molecule has 0 amide bonds. The minimum atomic E-state index is -0.392. The van der Waals surface area contributed by atoms with E-state index in [0.717, 1.165) is 6.29 Å². The molecule has 0 aliphatic carbocycles. The lowest BCUT2D eigenvalue weighted by Gasteiger charge is -1.95. The van der Waals surface area contributed by atoms with E-state index >= 15 is 0 Å². The molecule has 0 saturated heterocycles. The van der Waals surface area contributed by atoms with Gasteiger partial charge in [-0.2, -0.15) is 0 Å². The standard InChI is InChI=1S/C11H8FNO2/c12-10-4-2-1-3-9(10)11-13-8(5-6-14)7-15-11/h1-4,6-7H,5H2. The quantitative estimate of drug-likeness (QED) is 0.721. The van der Waals surface area contributed by atoms with Crippen LogP contribution in [0.1, 0.15) is 5.69 Å². The van der Waals surface area contributed by atoms with Gasteiger partial charge in [-0.25, -0.2) is 9.37 Å². The van der Waals surface area contributed by atoms with Gasteiger partial charge in [0.2, 0.25) is 5.89 Å².